The Balaban J connectivity index is 1.31. The van der Waals surface area contributed by atoms with Gasteiger partial charge >= 0.3 is 0 Å². The Kier molecular flexibility index (Phi) is 7.93. The summed E-state index contributed by atoms with van der Waals surface area (Å²) >= 11 is 6.51. The van der Waals surface area contributed by atoms with E-state index in [1.165, 1.54) is 7.11 Å². The molecule has 39 heavy (non-hydrogen) atoms. The minimum absolute atomic E-state index is 0.195. The molecule has 5 atom stereocenters. The highest BCUT2D eigenvalue weighted by atomic mass is 35.5. The average Bonchev–Trinajstić information content (AvgIpc) is 3.35. The predicted octanol–water partition coefficient (Wildman–Crippen LogP) is 2.39. The van der Waals surface area contributed by atoms with E-state index in [0.717, 1.165) is 16.7 Å². The maximum Gasteiger partial charge on any atom is 0.225 e. The smallest absolute Gasteiger partial charge is 0.225 e. The zero-order chi connectivity index (χ0) is 27.6. The molecule has 3 aromatic rings. The molecule has 2 aliphatic rings. The van der Waals surface area contributed by atoms with Gasteiger partial charge in [-0.3, -0.25) is 0 Å². The second kappa shape index (κ2) is 11.2. The van der Waals surface area contributed by atoms with Crippen LogP contribution in [0.15, 0.2) is 78.0 Å². The van der Waals surface area contributed by atoms with Gasteiger partial charge in [-0.25, -0.2) is 0 Å². The summed E-state index contributed by atoms with van der Waals surface area (Å²) in [7, 11) is 1.49. The number of rotatable bonds is 9. The first-order chi connectivity index (χ1) is 18.8. The fraction of sp³-hybridized carbons (Fsp3) is 0.345. The van der Waals surface area contributed by atoms with Crippen LogP contribution in [-0.2, 0) is 26.5 Å². The van der Waals surface area contributed by atoms with Crippen molar-refractivity contribution in [1.82, 2.24) is 0 Å². The predicted molar refractivity (Wildman–Crippen MR) is 143 cm³/mol. The van der Waals surface area contributed by atoms with Crippen molar-refractivity contribution in [2.24, 2.45) is 5.16 Å². The first-order valence-electron chi connectivity index (χ1n) is 12.5. The van der Waals surface area contributed by atoms with Crippen molar-refractivity contribution in [2.75, 3.05) is 26.9 Å². The fourth-order valence-electron chi connectivity index (χ4n) is 4.98. The lowest BCUT2D eigenvalue weighted by Crippen LogP contribution is -2.65. The zero-order valence-corrected chi connectivity index (χ0v) is 22.0. The topological polar surface area (TPSA) is 130 Å². The van der Waals surface area contributed by atoms with Crippen LogP contribution in [0.1, 0.15) is 22.3 Å². The fourth-order valence-corrected chi connectivity index (χ4v) is 5.16. The van der Waals surface area contributed by atoms with Gasteiger partial charge in [0.2, 0.25) is 5.79 Å². The van der Waals surface area contributed by atoms with Crippen molar-refractivity contribution in [3.8, 4) is 5.75 Å². The lowest BCUT2D eigenvalue weighted by Gasteiger charge is -2.46. The first-order valence-corrected chi connectivity index (χ1v) is 12.8. The Morgan fingerprint density at radius 2 is 1.77 bits per heavy atom. The third kappa shape index (κ3) is 5.15. The molecule has 0 unspecified atom stereocenters. The number of benzene rings is 3. The van der Waals surface area contributed by atoms with Gasteiger partial charge in [-0.2, -0.15) is 0 Å². The van der Waals surface area contributed by atoms with E-state index in [2.05, 4.69) is 5.16 Å². The monoisotopic (exact) mass is 555 g/mol. The van der Waals surface area contributed by atoms with Gasteiger partial charge in [0, 0.05) is 16.1 Å². The molecule has 5 rings (SSSR count). The molecule has 0 radical (unpaired) electrons. The normalized spacial score (nSPS) is 28.4. The van der Waals surface area contributed by atoms with Crippen LogP contribution >= 0.6 is 11.6 Å². The maximum absolute atomic E-state index is 10.8. The minimum atomic E-state index is -1.75. The van der Waals surface area contributed by atoms with Crippen molar-refractivity contribution in [1.29, 1.82) is 0 Å². The molecule has 0 amide bonds. The molecule has 206 valence electrons. The highest BCUT2D eigenvalue weighted by molar-refractivity contribution is 6.31. The molecule has 0 aliphatic carbocycles. The molecule has 2 fully saturated rings. The van der Waals surface area contributed by atoms with Crippen LogP contribution in [0.25, 0.3) is 0 Å². The number of aliphatic hydroxyl groups is 4. The van der Waals surface area contributed by atoms with E-state index < -0.39 is 36.3 Å². The van der Waals surface area contributed by atoms with E-state index in [9.17, 15) is 20.4 Å². The van der Waals surface area contributed by atoms with Gasteiger partial charge in [-0.05, 0) is 41.8 Å². The van der Waals surface area contributed by atoms with E-state index in [0.29, 0.717) is 28.5 Å². The Morgan fingerprint density at radius 3 is 2.46 bits per heavy atom. The lowest BCUT2D eigenvalue weighted by atomic mass is 9.83. The lowest BCUT2D eigenvalue weighted by molar-refractivity contribution is -0.329. The summed E-state index contributed by atoms with van der Waals surface area (Å²) in [5.74, 6) is -1.10. The summed E-state index contributed by atoms with van der Waals surface area (Å²) in [6, 6.07) is 22.2. The number of hydrogen-bond donors (Lipinski definition) is 4. The van der Waals surface area contributed by atoms with Crippen LogP contribution < -0.4 is 4.74 Å². The van der Waals surface area contributed by atoms with Crippen LogP contribution in [-0.4, -0.2) is 77.0 Å². The van der Waals surface area contributed by atoms with Crippen molar-refractivity contribution in [3.05, 3.63) is 100 Å². The molecule has 2 saturated heterocycles. The van der Waals surface area contributed by atoms with Gasteiger partial charge < -0.3 is 39.5 Å². The summed E-state index contributed by atoms with van der Waals surface area (Å²) in [6.07, 6.45) is -4.21. The molecule has 0 spiro atoms. The number of halogens is 1. The molecule has 0 aromatic heterocycles. The molecule has 10 heteroatoms. The molecule has 2 bridgehead atoms. The number of nitrogens with zero attached hydrogens (tertiary/aromatic N) is 1. The largest absolute Gasteiger partial charge is 0.487 e. The molecule has 4 N–H and O–H groups in total. The molecule has 0 saturated carbocycles. The van der Waals surface area contributed by atoms with Gasteiger partial charge in [-0.15, -0.1) is 0 Å². The Bertz CT molecular complexity index is 1320. The number of aliphatic hydroxyl groups excluding tert-OH is 4. The zero-order valence-electron chi connectivity index (χ0n) is 21.2. The average molecular weight is 556 g/mol. The van der Waals surface area contributed by atoms with Crippen LogP contribution in [0.5, 0.6) is 5.75 Å². The van der Waals surface area contributed by atoms with Crippen molar-refractivity contribution in [3.63, 3.8) is 0 Å². The van der Waals surface area contributed by atoms with Crippen LogP contribution in [0.2, 0.25) is 5.02 Å². The quantitative estimate of drug-likeness (QED) is 0.234. The van der Waals surface area contributed by atoms with E-state index in [1.807, 2.05) is 54.6 Å². The van der Waals surface area contributed by atoms with Crippen LogP contribution in [0.4, 0.5) is 0 Å². The van der Waals surface area contributed by atoms with Gasteiger partial charge in [0.1, 0.15) is 49.1 Å². The highest BCUT2D eigenvalue weighted by Crippen LogP contribution is 2.49. The number of ether oxygens (including phenoxy) is 3. The summed E-state index contributed by atoms with van der Waals surface area (Å²) < 4.78 is 17.7. The Hall–Kier alpha value is -3.02. The first kappa shape index (κ1) is 27.5. The Morgan fingerprint density at radius 1 is 1.03 bits per heavy atom. The van der Waals surface area contributed by atoms with E-state index in [-0.39, 0.29) is 13.2 Å². The van der Waals surface area contributed by atoms with Crippen molar-refractivity contribution in [2.45, 2.75) is 36.1 Å². The summed E-state index contributed by atoms with van der Waals surface area (Å²) in [5.41, 5.74) is 2.13. The van der Waals surface area contributed by atoms with Crippen molar-refractivity contribution < 1.29 is 39.5 Å². The Labute approximate surface area is 230 Å². The van der Waals surface area contributed by atoms with Crippen molar-refractivity contribution >= 4 is 17.3 Å². The summed E-state index contributed by atoms with van der Waals surface area (Å²) in [5, 5.41) is 46.1. The van der Waals surface area contributed by atoms with E-state index >= 15 is 0 Å². The number of fused-ring (bicyclic) bond motifs is 2. The molecule has 2 aliphatic heterocycles. The number of oxime groups is 1. The SMILES string of the molecule is CO/N=C(/COc1ccc(Cc2cc([C@]34OC[C@](CO)(O3)[C@@H](O)[C@H](O)[C@H]4O)ccc2Cl)cc1)c1ccccc1. The van der Waals surface area contributed by atoms with Gasteiger partial charge in [0.25, 0.3) is 0 Å². The highest BCUT2D eigenvalue weighted by Gasteiger charge is 2.67. The summed E-state index contributed by atoms with van der Waals surface area (Å²) in [4.78, 5) is 4.97. The third-order valence-corrected chi connectivity index (χ3v) is 7.55. The number of hydrogen-bond acceptors (Lipinski definition) is 9. The van der Waals surface area contributed by atoms with Crippen LogP contribution in [0.3, 0.4) is 0 Å². The van der Waals surface area contributed by atoms with Gasteiger partial charge in [0.05, 0.1) is 13.2 Å². The van der Waals surface area contributed by atoms with Gasteiger partial charge in [-0.1, -0.05) is 65.3 Å². The third-order valence-electron chi connectivity index (χ3n) is 7.18. The maximum atomic E-state index is 10.8. The van der Waals surface area contributed by atoms with Crippen LogP contribution in [0, 0.1) is 0 Å². The van der Waals surface area contributed by atoms with Gasteiger partial charge in [0.15, 0.2) is 0 Å². The summed E-state index contributed by atoms with van der Waals surface area (Å²) in [6.45, 7) is -0.552. The molecular weight excluding hydrogens is 526 g/mol. The molecular formula is C29H30ClNO8. The minimum Gasteiger partial charge on any atom is -0.487 e. The second-order valence-electron chi connectivity index (χ2n) is 9.66. The second-order valence-corrected chi connectivity index (χ2v) is 10.1. The molecule has 3 aromatic carbocycles. The molecule has 9 nitrogen and oxygen atoms in total. The van der Waals surface area contributed by atoms with E-state index in [1.54, 1.807) is 18.2 Å². The van der Waals surface area contributed by atoms with E-state index in [4.69, 9.17) is 30.6 Å². The molecule has 2 heterocycles. The standard InChI is InChI=1S/C29H30ClNO8/c1-36-31-24(19-5-3-2-4-6-19)15-37-22-10-7-18(8-11-22)13-20-14-21(9-12-23(20)30)29-27(35)25(33)26(34)28(16-32,39-29)17-38-29/h2-12,14,25-27,32-35H,13,15-17H2,1H3/b31-24-/t25-,26-,27+,28-,29-/m0/s1.